The number of nitrogens with zero attached hydrogens (tertiary/aromatic N) is 4. The fourth-order valence-electron chi connectivity index (χ4n) is 2.42. The van der Waals surface area contributed by atoms with Crippen molar-refractivity contribution in [1.29, 1.82) is 0 Å². The van der Waals surface area contributed by atoms with Crippen molar-refractivity contribution < 1.29 is 14.2 Å². The lowest BCUT2D eigenvalue weighted by atomic mass is 10.2. The van der Waals surface area contributed by atoms with Crippen LogP contribution in [0, 0.1) is 5.82 Å². The van der Waals surface area contributed by atoms with Crippen molar-refractivity contribution in [2.24, 2.45) is 0 Å². The maximum Gasteiger partial charge on any atom is 0.167 e. The molecule has 0 saturated carbocycles. The van der Waals surface area contributed by atoms with Crippen molar-refractivity contribution in [2.75, 3.05) is 11.9 Å². The molecule has 1 atom stereocenters. The average molecular weight is 331 g/mol. The minimum atomic E-state index is -0.646. The summed E-state index contributed by atoms with van der Waals surface area (Å²) in [4.78, 5) is 12.8. The van der Waals surface area contributed by atoms with E-state index < -0.39 is 5.82 Å². The maximum absolute atomic E-state index is 13.1. The first kappa shape index (κ1) is 16.1. The summed E-state index contributed by atoms with van der Waals surface area (Å²) in [7, 11) is 0. The Morgan fingerprint density at radius 1 is 1.33 bits per heavy atom. The molecule has 2 N–H and O–H groups in total. The number of hydrogen-bond donors (Lipinski definition) is 2. The van der Waals surface area contributed by atoms with E-state index in [4.69, 9.17) is 4.74 Å². The number of aromatic nitrogens is 4. The molecule has 8 heteroatoms. The molecule has 0 saturated heterocycles. The number of imidazole rings is 1. The van der Waals surface area contributed by atoms with Crippen molar-refractivity contribution in [3.63, 3.8) is 0 Å². The Kier molecular flexibility index (Phi) is 4.57. The third-order valence-corrected chi connectivity index (χ3v) is 3.63. The summed E-state index contributed by atoms with van der Waals surface area (Å²) in [6.45, 7) is 4.80. The molecule has 24 heavy (non-hydrogen) atoms. The molecule has 1 unspecified atom stereocenters. The molecule has 0 aliphatic rings. The Morgan fingerprint density at radius 3 is 2.92 bits per heavy atom. The predicted octanol–water partition coefficient (Wildman–Crippen LogP) is 2.84. The zero-order valence-electron chi connectivity index (χ0n) is 13.4. The van der Waals surface area contributed by atoms with E-state index in [1.165, 1.54) is 18.5 Å². The lowest BCUT2D eigenvalue weighted by molar-refractivity contribution is 0.0272. The van der Waals surface area contributed by atoms with E-state index in [0.717, 1.165) is 5.56 Å². The van der Waals surface area contributed by atoms with Crippen molar-refractivity contribution in [2.45, 2.75) is 26.6 Å². The van der Waals surface area contributed by atoms with Gasteiger partial charge in [0, 0.05) is 13.2 Å². The number of anilines is 1. The predicted molar refractivity (Wildman–Crippen MR) is 87.1 cm³/mol. The Balaban J connectivity index is 1.83. The van der Waals surface area contributed by atoms with Gasteiger partial charge in [-0.25, -0.2) is 19.3 Å². The number of phenolic OH excluding ortho intramolecular Hbond substituents is 1. The second-order valence-corrected chi connectivity index (χ2v) is 5.24. The monoisotopic (exact) mass is 331 g/mol. The third kappa shape index (κ3) is 3.13. The van der Waals surface area contributed by atoms with Crippen LogP contribution in [0.5, 0.6) is 5.75 Å². The molecule has 3 rings (SSSR count). The van der Waals surface area contributed by atoms with Crippen LogP contribution in [0.4, 0.5) is 10.2 Å². The topological polar surface area (TPSA) is 85.1 Å². The first-order valence-corrected chi connectivity index (χ1v) is 7.60. The largest absolute Gasteiger partial charge is 0.505 e. The van der Waals surface area contributed by atoms with Gasteiger partial charge in [0.05, 0.1) is 6.33 Å². The SMILES string of the molecule is CCOC(C)n1cnc2c(NCc3ccc(F)c(O)c3)ncnc21. The van der Waals surface area contributed by atoms with Crippen LogP contribution in [0.2, 0.25) is 0 Å². The highest BCUT2D eigenvalue weighted by molar-refractivity contribution is 5.82. The number of rotatable bonds is 6. The summed E-state index contributed by atoms with van der Waals surface area (Å²) >= 11 is 0. The third-order valence-electron chi connectivity index (χ3n) is 3.63. The Labute approximate surface area is 138 Å². The molecule has 0 amide bonds. The zero-order valence-corrected chi connectivity index (χ0v) is 13.4. The number of hydrogen-bond acceptors (Lipinski definition) is 6. The van der Waals surface area contributed by atoms with Crippen LogP contribution in [0.25, 0.3) is 11.2 Å². The summed E-state index contributed by atoms with van der Waals surface area (Å²) in [5, 5.41) is 12.6. The number of phenols is 1. The lowest BCUT2D eigenvalue weighted by Gasteiger charge is -2.13. The van der Waals surface area contributed by atoms with E-state index >= 15 is 0 Å². The fraction of sp³-hybridized carbons (Fsp3) is 0.312. The molecular formula is C16H18FN5O2. The van der Waals surface area contributed by atoms with Gasteiger partial charge in [-0.2, -0.15) is 0 Å². The molecule has 2 aromatic heterocycles. The van der Waals surface area contributed by atoms with Gasteiger partial charge in [0.2, 0.25) is 0 Å². The molecule has 7 nitrogen and oxygen atoms in total. The molecule has 0 aliphatic carbocycles. The van der Waals surface area contributed by atoms with E-state index in [-0.39, 0.29) is 12.0 Å². The van der Waals surface area contributed by atoms with Crippen LogP contribution in [-0.2, 0) is 11.3 Å². The number of ether oxygens (including phenoxy) is 1. The van der Waals surface area contributed by atoms with E-state index in [1.54, 1.807) is 12.4 Å². The second-order valence-electron chi connectivity index (χ2n) is 5.24. The van der Waals surface area contributed by atoms with Gasteiger partial charge in [0.15, 0.2) is 28.5 Å². The van der Waals surface area contributed by atoms with E-state index in [1.807, 2.05) is 18.4 Å². The quantitative estimate of drug-likeness (QED) is 0.722. The average Bonchev–Trinajstić information content (AvgIpc) is 3.01. The summed E-state index contributed by atoms with van der Waals surface area (Å²) in [6.07, 6.45) is 2.93. The first-order chi connectivity index (χ1) is 11.6. The van der Waals surface area contributed by atoms with Crippen LogP contribution in [0.3, 0.4) is 0 Å². The minimum Gasteiger partial charge on any atom is -0.505 e. The molecular weight excluding hydrogens is 313 g/mol. The first-order valence-electron chi connectivity index (χ1n) is 7.60. The maximum atomic E-state index is 13.1. The number of aromatic hydroxyl groups is 1. The van der Waals surface area contributed by atoms with Crippen LogP contribution in [-0.4, -0.2) is 31.2 Å². The van der Waals surface area contributed by atoms with E-state index in [0.29, 0.717) is 30.1 Å². The van der Waals surface area contributed by atoms with Gasteiger partial charge >= 0.3 is 0 Å². The van der Waals surface area contributed by atoms with E-state index in [9.17, 15) is 9.50 Å². The van der Waals surface area contributed by atoms with Gasteiger partial charge in [-0.3, -0.25) is 4.57 Å². The fourth-order valence-corrected chi connectivity index (χ4v) is 2.42. The molecule has 0 bridgehead atoms. The van der Waals surface area contributed by atoms with E-state index in [2.05, 4.69) is 20.3 Å². The van der Waals surface area contributed by atoms with Gasteiger partial charge < -0.3 is 15.2 Å². The molecule has 3 aromatic rings. The van der Waals surface area contributed by atoms with Crippen LogP contribution >= 0.6 is 0 Å². The Bertz CT molecular complexity index is 852. The molecule has 0 aliphatic heterocycles. The van der Waals surface area contributed by atoms with Gasteiger partial charge in [-0.1, -0.05) is 6.07 Å². The van der Waals surface area contributed by atoms with Gasteiger partial charge in [-0.15, -0.1) is 0 Å². The number of benzene rings is 1. The van der Waals surface area contributed by atoms with Crippen LogP contribution in [0.15, 0.2) is 30.9 Å². The molecule has 126 valence electrons. The summed E-state index contributed by atoms with van der Waals surface area (Å²) < 4.78 is 20.5. The highest BCUT2D eigenvalue weighted by Gasteiger charge is 2.14. The standard InChI is InChI=1S/C16H18FN5O2/c1-3-24-10(2)22-9-21-14-15(19-8-20-16(14)22)18-7-11-4-5-12(17)13(23)6-11/h4-6,8-10,23H,3,7H2,1-2H3,(H,18,19,20). The number of nitrogens with one attached hydrogen (secondary N) is 1. The van der Waals surface area contributed by atoms with Crippen LogP contribution in [0.1, 0.15) is 25.6 Å². The van der Waals surface area contributed by atoms with Gasteiger partial charge in [0.25, 0.3) is 0 Å². The molecule has 0 spiro atoms. The zero-order chi connectivity index (χ0) is 17.1. The smallest absolute Gasteiger partial charge is 0.167 e. The van der Waals surface area contributed by atoms with Gasteiger partial charge in [0.1, 0.15) is 12.6 Å². The highest BCUT2D eigenvalue weighted by Crippen LogP contribution is 2.22. The molecule has 0 fully saturated rings. The second kappa shape index (κ2) is 6.79. The molecule has 1 aromatic carbocycles. The number of halogens is 1. The summed E-state index contributed by atoms with van der Waals surface area (Å²) in [5.74, 6) is -0.463. The minimum absolute atomic E-state index is 0.184. The molecule has 2 heterocycles. The lowest BCUT2D eigenvalue weighted by Crippen LogP contribution is -2.09. The van der Waals surface area contributed by atoms with Crippen LogP contribution < -0.4 is 5.32 Å². The highest BCUT2D eigenvalue weighted by atomic mass is 19.1. The normalized spacial score (nSPS) is 12.5. The Morgan fingerprint density at radius 2 is 2.17 bits per heavy atom. The summed E-state index contributed by atoms with van der Waals surface area (Å²) in [6, 6.07) is 4.19. The summed E-state index contributed by atoms with van der Waals surface area (Å²) in [5.41, 5.74) is 2.01. The van der Waals surface area contributed by atoms with Crippen molar-refractivity contribution in [1.82, 2.24) is 19.5 Å². The molecule has 0 radical (unpaired) electrons. The van der Waals surface area contributed by atoms with Crippen molar-refractivity contribution in [3.8, 4) is 5.75 Å². The van der Waals surface area contributed by atoms with Gasteiger partial charge in [-0.05, 0) is 31.5 Å². The van der Waals surface area contributed by atoms with Crippen molar-refractivity contribution in [3.05, 3.63) is 42.2 Å². The Hall–Kier alpha value is -2.74. The van der Waals surface area contributed by atoms with Crippen molar-refractivity contribution >= 4 is 17.0 Å². The number of fused-ring (bicyclic) bond motifs is 1.